The zero-order valence-corrected chi connectivity index (χ0v) is 18.8. The van der Waals surface area contributed by atoms with Gasteiger partial charge in [0.25, 0.3) is 0 Å². The molecule has 1 aromatic carbocycles. The van der Waals surface area contributed by atoms with E-state index in [1.54, 1.807) is 31.5 Å². The van der Waals surface area contributed by atoms with Crippen LogP contribution in [0.25, 0.3) is 16.9 Å². The van der Waals surface area contributed by atoms with Gasteiger partial charge in [-0.3, -0.25) is 4.79 Å². The van der Waals surface area contributed by atoms with Crippen LogP contribution in [0.3, 0.4) is 0 Å². The van der Waals surface area contributed by atoms with E-state index in [0.29, 0.717) is 16.9 Å². The Hall–Kier alpha value is -3.14. The number of imidazole rings is 1. The number of alkyl halides is 3. The monoisotopic (exact) mass is 460 g/mol. The molecule has 0 spiro atoms. The van der Waals surface area contributed by atoms with Crippen LogP contribution in [0.2, 0.25) is 0 Å². The summed E-state index contributed by atoms with van der Waals surface area (Å²) in [6.45, 7) is 6.55. The van der Waals surface area contributed by atoms with Gasteiger partial charge in [0, 0.05) is 30.1 Å². The van der Waals surface area contributed by atoms with E-state index in [1.807, 2.05) is 12.1 Å². The van der Waals surface area contributed by atoms with E-state index in [9.17, 15) is 18.0 Å². The van der Waals surface area contributed by atoms with E-state index in [1.165, 1.54) is 12.1 Å². The average molecular weight is 461 g/mol. The van der Waals surface area contributed by atoms with E-state index in [4.69, 9.17) is 5.73 Å². The first-order valence-corrected chi connectivity index (χ1v) is 10.8. The summed E-state index contributed by atoms with van der Waals surface area (Å²) in [6.07, 6.45) is -1.15. The van der Waals surface area contributed by atoms with Crippen LogP contribution in [-0.2, 0) is 11.0 Å². The Balaban J connectivity index is 1.68. The molecule has 0 saturated carbocycles. The molecule has 1 saturated heterocycles. The summed E-state index contributed by atoms with van der Waals surface area (Å²) in [5, 5.41) is 7.05. The molecule has 1 aliphatic heterocycles. The molecule has 3 N–H and O–H groups in total. The molecule has 1 fully saturated rings. The van der Waals surface area contributed by atoms with Crippen molar-refractivity contribution in [2.24, 2.45) is 11.1 Å². The minimum Gasteiger partial charge on any atom is -0.355 e. The predicted octanol–water partition coefficient (Wildman–Crippen LogP) is 4.33. The van der Waals surface area contributed by atoms with Crippen molar-refractivity contribution in [1.29, 1.82) is 0 Å². The van der Waals surface area contributed by atoms with Gasteiger partial charge >= 0.3 is 6.18 Å². The maximum absolute atomic E-state index is 13.5. The number of benzene rings is 1. The first kappa shape index (κ1) is 23.0. The highest BCUT2D eigenvalue weighted by Crippen LogP contribution is 2.37. The minimum atomic E-state index is -4.61. The molecule has 0 bridgehead atoms. The average Bonchev–Trinajstić information content (AvgIpc) is 3.16. The number of rotatable bonds is 3. The summed E-state index contributed by atoms with van der Waals surface area (Å²) in [5.41, 5.74) is 5.41. The van der Waals surface area contributed by atoms with Crippen molar-refractivity contribution in [2.75, 3.05) is 23.3 Å². The lowest BCUT2D eigenvalue weighted by atomic mass is 9.95. The molecule has 3 heterocycles. The number of hydrogen-bond acceptors (Lipinski definition) is 5. The van der Waals surface area contributed by atoms with Crippen LogP contribution in [0.15, 0.2) is 36.5 Å². The number of halogens is 3. The van der Waals surface area contributed by atoms with Crippen LogP contribution in [0, 0.1) is 5.41 Å². The van der Waals surface area contributed by atoms with Gasteiger partial charge in [-0.25, -0.2) is 9.50 Å². The predicted molar refractivity (Wildman–Crippen MR) is 121 cm³/mol. The molecule has 10 heteroatoms. The van der Waals surface area contributed by atoms with Crippen LogP contribution in [0.5, 0.6) is 0 Å². The molecule has 0 aliphatic carbocycles. The summed E-state index contributed by atoms with van der Waals surface area (Å²) >= 11 is 0. The van der Waals surface area contributed by atoms with Crippen molar-refractivity contribution in [3.05, 3.63) is 42.1 Å². The number of piperidine rings is 1. The van der Waals surface area contributed by atoms with Crippen molar-refractivity contribution >= 4 is 23.1 Å². The Labute approximate surface area is 189 Å². The number of aromatic nitrogens is 3. The van der Waals surface area contributed by atoms with Crippen LogP contribution in [-0.4, -0.2) is 39.6 Å². The van der Waals surface area contributed by atoms with Crippen LogP contribution >= 0.6 is 0 Å². The smallest absolute Gasteiger partial charge is 0.355 e. The van der Waals surface area contributed by atoms with Gasteiger partial charge in [-0.05, 0) is 37.1 Å². The summed E-state index contributed by atoms with van der Waals surface area (Å²) in [4.78, 5) is 19.1. The zero-order valence-electron chi connectivity index (χ0n) is 18.8. The standard InChI is InChI=1S/C23H27F3N6O/c1-22(2,3)21(33)29-17-12-14(4-5-16(17)23(24,25)26)18-13-32-19(28-18)6-7-20(30-32)31-10-8-15(27)9-11-31/h4-7,12-13,15H,8-11,27H2,1-3H3,(H,29,33). The molecule has 1 aliphatic rings. The van der Waals surface area contributed by atoms with Crippen molar-refractivity contribution in [1.82, 2.24) is 14.6 Å². The molecule has 33 heavy (non-hydrogen) atoms. The van der Waals surface area contributed by atoms with Crippen molar-refractivity contribution in [3.63, 3.8) is 0 Å². The Morgan fingerprint density at radius 3 is 2.45 bits per heavy atom. The van der Waals surface area contributed by atoms with Gasteiger partial charge in [0.05, 0.1) is 23.1 Å². The third-order valence-electron chi connectivity index (χ3n) is 5.72. The fraction of sp³-hybridized carbons (Fsp3) is 0.435. The number of anilines is 2. The van der Waals surface area contributed by atoms with E-state index in [0.717, 1.165) is 37.8 Å². The summed E-state index contributed by atoms with van der Waals surface area (Å²) in [6, 6.07) is 7.54. The highest BCUT2D eigenvalue weighted by atomic mass is 19.4. The number of nitrogens with one attached hydrogen (secondary N) is 1. The van der Waals surface area contributed by atoms with Crippen molar-refractivity contribution < 1.29 is 18.0 Å². The molecular weight excluding hydrogens is 433 g/mol. The summed E-state index contributed by atoms with van der Waals surface area (Å²) in [5.74, 6) is 0.289. The Bertz CT molecular complexity index is 1170. The number of carbonyl (C=O) groups is 1. The SMILES string of the molecule is CC(C)(C)C(=O)Nc1cc(-c2cn3nc(N4CCC(N)CC4)ccc3n2)ccc1C(F)(F)F. The third-order valence-corrected chi connectivity index (χ3v) is 5.72. The minimum absolute atomic E-state index is 0.206. The molecule has 0 radical (unpaired) electrons. The van der Waals surface area contributed by atoms with Crippen LogP contribution < -0.4 is 16.0 Å². The quantitative estimate of drug-likeness (QED) is 0.608. The van der Waals surface area contributed by atoms with Crippen molar-refractivity contribution in [3.8, 4) is 11.3 Å². The largest absolute Gasteiger partial charge is 0.418 e. The number of nitrogens with two attached hydrogens (primary N) is 1. The number of carbonyl (C=O) groups excluding carboxylic acids is 1. The van der Waals surface area contributed by atoms with E-state index in [2.05, 4.69) is 20.3 Å². The normalized spacial score (nSPS) is 15.8. The second-order valence-electron chi connectivity index (χ2n) is 9.41. The summed E-state index contributed by atoms with van der Waals surface area (Å²) < 4.78 is 42.3. The lowest BCUT2D eigenvalue weighted by Crippen LogP contribution is -2.40. The second-order valence-corrected chi connectivity index (χ2v) is 9.41. The Morgan fingerprint density at radius 1 is 1.12 bits per heavy atom. The van der Waals surface area contributed by atoms with E-state index >= 15 is 0 Å². The number of fused-ring (bicyclic) bond motifs is 1. The van der Waals surface area contributed by atoms with Gasteiger partial charge in [-0.1, -0.05) is 26.8 Å². The van der Waals surface area contributed by atoms with Gasteiger partial charge in [0.2, 0.25) is 5.91 Å². The molecule has 7 nitrogen and oxygen atoms in total. The lowest BCUT2D eigenvalue weighted by molar-refractivity contribution is -0.137. The number of nitrogens with zero attached hydrogens (tertiary/aromatic N) is 4. The zero-order chi connectivity index (χ0) is 24.0. The molecule has 0 atom stereocenters. The molecule has 3 aromatic rings. The fourth-order valence-electron chi connectivity index (χ4n) is 3.67. The Kier molecular flexibility index (Phi) is 5.81. The maximum atomic E-state index is 13.5. The van der Waals surface area contributed by atoms with Crippen LogP contribution in [0.4, 0.5) is 24.7 Å². The fourth-order valence-corrected chi connectivity index (χ4v) is 3.67. The highest BCUT2D eigenvalue weighted by molar-refractivity contribution is 5.96. The first-order valence-electron chi connectivity index (χ1n) is 10.8. The first-order chi connectivity index (χ1) is 15.4. The van der Waals surface area contributed by atoms with Gasteiger partial charge in [-0.15, -0.1) is 5.10 Å². The number of amides is 1. The third kappa shape index (κ3) is 4.95. The van der Waals surface area contributed by atoms with E-state index in [-0.39, 0.29) is 11.7 Å². The lowest BCUT2D eigenvalue weighted by Gasteiger charge is -2.30. The van der Waals surface area contributed by atoms with Crippen LogP contribution in [0.1, 0.15) is 39.2 Å². The second kappa shape index (κ2) is 8.33. The molecular formula is C23H27F3N6O. The van der Waals surface area contributed by atoms with Gasteiger partial charge < -0.3 is 16.0 Å². The molecule has 0 unspecified atom stereocenters. The van der Waals surface area contributed by atoms with Crippen molar-refractivity contribution in [2.45, 2.75) is 45.8 Å². The topological polar surface area (TPSA) is 88.6 Å². The number of hydrogen-bond donors (Lipinski definition) is 2. The highest BCUT2D eigenvalue weighted by Gasteiger charge is 2.35. The van der Waals surface area contributed by atoms with Gasteiger partial charge in [0.15, 0.2) is 5.65 Å². The Morgan fingerprint density at radius 2 is 1.82 bits per heavy atom. The molecule has 4 rings (SSSR count). The van der Waals surface area contributed by atoms with Gasteiger partial charge in [-0.2, -0.15) is 13.2 Å². The van der Waals surface area contributed by atoms with E-state index < -0.39 is 23.1 Å². The molecule has 2 aromatic heterocycles. The summed E-state index contributed by atoms with van der Waals surface area (Å²) in [7, 11) is 0. The molecule has 1 amide bonds. The van der Waals surface area contributed by atoms with Gasteiger partial charge in [0.1, 0.15) is 5.82 Å². The maximum Gasteiger partial charge on any atom is 0.418 e. The molecule has 176 valence electrons.